The van der Waals surface area contributed by atoms with Crippen LogP contribution < -0.4 is 0 Å². The van der Waals surface area contributed by atoms with Crippen molar-refractivity contribution in [2.24, 2.45) is 0 Å². The zero-order valence-electron chi connectivity index (χ0n) is 16.8. The summed E-state index contributed by atoms with van der Waals surface area (Å²) in [5, 5.41) is 10.3. The fourth-order valence-electron chi connectivity index (χ4n) is 3.68. The molecule has 0 saturated carbocycles. The molecule has 2 aromatic carbocycles. The van der Waals surface area contributed by atoms with Gasteiger partial charge in [-0.15, -0.1) is 0 Å². The summed E-state index contributed by atoms with van der Waals surface area (Å²) in [5.74, 6) is -0.0121. The summed E-state index contributed by atoms with van der Waals surface area (Å²) >= 11 is 0. The van der Waals surface area contributed by atoms with Crippen molar-refractivity contribution in [3.63, 3.8) is 0 Å². The normalized spacial score (nSPS) is 10.7. The van der Waals surface area contributed by atoms with Crippen LogP contribution in [0.3, 0.4) is 0 Å². The maximum absolute atomic E-state index is 13.5. The average Bonchev–Trinajstić information content (AvgIpc) is 3.16. The average molecular weight is 394 g/mol. The highest BCUT2D eigenvalue weighted by Gasteiger charge is 2.21. The van der Waals surface area contributed by atoms with Gasteiger partial charge in [-0.2, -0.15) is 5.26 Å². The third-order valence-corrected chi connectivity index (χ3v) is 5.22. The van der Waals surface area contributed by atoms with Gasteiger partial charge in [0.05, 0.1) is 11.6 Å². The Labute approximate surface area is 175 Å². The molecule has 0 aliphatic rings. The predicted molar refractivity (Wildman–Crippen MR) is 117 cm³/mol. The van der Waals surface area contributed by atoms with Crippen molar-refractivity contribution in [2.45, 2.75) is 20.0 Å². The maximum Gasteiger partial charge on any atom is 0.270 e. The smallest absolute Gasteiger partial charge is 0.270 e. The number of amides is 1. The molecule has 5 heteroatoms. The number of nitriles is 1. The van der Waals surface area contributed by atoms with Crippen LogP contribution in [0.5, 0.6) is 0 Å². The van der Waals surface area contributed by atoms with Gasteiger partial charge in [0, 0.05) is 42.9 Å². The quantitative estimate of drug-likeness (QED) is 0.479. The van der Waals surface area contributed by atoms with E-state index in [2.05, 4.69) is 11.1 Å². The summed E-state index contributed by atoms with van der Waals surface area (Å²) in [6.45, 7) is 3.65. The SMILES string of the molecule is CCN(Cc1ccncc1)C(=O)c1cc2ccccc2n1Cc1cccc(C#N)c1. The lowest BCUT2D eigenvalue weighted by molar-refractivity contribution is 0.0742. The Morgan fingerprint density at radius 3 is 2.60 bits per heavy atom. The zero-order chi connectivity index (χ0) is 20.9. The molecule has 0 fully saturated rings. The van der Waals surface area contributed by atoms with Gasteiger partial charge in [0.15, 0.2) is 0 Å². The highest BCUT2D eigenvalue weighted by molar-refractivity contribution is 5.98. The standard InChI is InChI=1S/C25H22N4O/c1-2-28(17-19-10-12-27-13-11-19)25(30)24-15-22-8-3-4-9-23(22)29(24)18-21-7-5-6-20(14-21)16-26/h3-15H,2,17-18H2,1H3. The summed E-state index contributed by atoms with van der Waals surface area (Å²) < 4.78 is 2.05. The third-order valence-electron chi connectivity index (χ3n) is 5.22. The summed E-state index contributed by atoms with van der Waals surface area (Å²) in [4.78, 5) is 19.4. The van der Waals surface area contributed by atoms with Crippen LogP contribution in [0, 0.1) is 11.3 Å². The van der Waals surface area contributed by atoms with E-state index in [1.807, 2.05) is 77.1 Å². The highest BCUT2D eigenvalue weighted by Crippen LogP contribution is 2.23. The Hall–Kier alpha value is -3.91. The second kappa shape index (κ2) is 8.62. The van der Waals surface area contributed by atoms with E-state index in [0.717, 1.165) is 22.0 Å². The van der Waals surface area contributed by atoms with E-state index in [1.165, 1.54) is 0 Å². The van der Waals surface area contributed by atoms with Crippen LogP contribution in [0.2, 0.25) is 0 Å². The number of carbonyl (C=O) groups is 1. The second-order valence-electron chi connectivity index (χ2n) is 7.16. The molecule has 30 heavy (non-hydrogen) atoms. The Bertz CT molecular complexity index is 1220. The van der Waals surface area contributed by atoms with Crippen molar-refractivity contribution in [3.05, 3.63) is 102 Å². The Morgan fingerprint density at radius 1 is 1.03 bits per heavy atom. The molecule has 0 aliphatic heterocycles. The van der Waals surface area contributed by atoms with Crippen molar-refractivity contribution in [3.8, 4) is 6.07 Å². The van der Waals surface area contributed by atoms with E-state index >= 15 is 0 Å². The molecular weight excluding hydrogens is 372 g/mol. The highest BCUT2D eigenvalue weighted by atomic mass is 16.2. The van der Waals surface area contributed by atoms with Crippen LogP contribution in [0.1, 0.15) is 34.1 Å². The number of para-hydroxylation sites is 1. The fourth-order valence-corrected chi connectivity index (χ4v) is 3.68. The summed E-state index contributed by atoms with van der Waals surface area (Å²) in [5.41, 5.74) is 4.30. The molecule has 0 bridgehead atoms. The molecule has 0 N–H and O–H groups in total. The molecule has 4 aromatic rings. The summed E-state index contributed by atoms with van der Waals surface area (Å²) in [6, 6.07) is 23.5. The first kappa shape index (κ1) is 19.4. The fraction of sp³-hybridized carbons (Fsp3) is 0.160. The van der Waals surface area contributed by atoms with Gasteiger partial charge in [0.25, 0.3) is 5.91 Å². The molecule has 1 amide bonds. The first-order valence-electron chi connectivity index (χ1n) is 9.95. The van der Waals surface area contributed by atoms with Crippen molar-refractivity contribution < 1.29 is 4.79 Å². The van der Waals surface area contributed by atoms with Gasteiger partial charge >= 0.3 is 0 Å². The van der Waals surface area contributed by atoms with E-state index in [4.69, 9.17) is 0 Å². The molecule has 0 saturated heterocycles. The molecule has 0 radical (unpaired) electrons. The molecule has 0 unspecified atom stereocenters. The monoisotopic (exact) mass is 394 g/mol. The van der Waals surface area contributed by atoms with E-state index in [0.29, 0.717) is 30.9 Å². The van der Waals surface area contributed by atoms with Crippen LogP contribution in [0.4, 0.5) is 0 Å². The molecule has 2 heterocycles. The first-order chi connectivity index (χ1) is 14.7. The number of aromatic nitrogens is 2. The number of nitrogens with zero attached hydrogens (tertiary/aromatic N) is 4. The topological polar surface area (TPSA) is 61.9 Å². The van der Waals surface area contributed by atoms with Gasteiger partial charge < -0.3 is 9.47 Å². The van der Waals surface area contributed by atoms with Crippen molar-refractivity contribution in [2.75, 3.05) is 6.54 Å². The molecule has 2 aromatic heterocycles. The van der Waals surface area contributed by atoms with Gasteiger partial charge in [-0.25, -0.2) is 0 Å². The Kier molecular flexibility index (Phi) is 5.58. The zero-order valence-corrected chi connectivity index (χ0v) is 16.8. The molecule has 148 valence electrons. The van der Waals surface area contributed by atoms with Gasteiger partial charge in [-0.1, -0.05) is 30.3 Å². The van der Waals surface area contributed by atoms with Crippen LogP contribution in [-0.4, -0.2) is 26.9 Å². The third kappa shape index (κ3) is 3.94. The summed E-state index contributed by atoms with van der Waals surface area (Å²) in [6.07, 6.45) is 3.49. The van der Waals surface area contributed by atoms with Gasteiger partial charge in [-0.05, 0) is 54.4 Å². The molecular formula is C25H22N4O. The van der Waals surface area contributed by atoms with Crippen molar-refractivity contribution in [1.82, 2.24) is 14.5 Å². The lowest BCUT2D eigenvalue weighted by Crippen LogP contribution is -2.32. The van der Waals surface area contributed by atoms with E-state index in [-0.39, 0.29) is 5.91 Å². The van der Waals surface area contributed by atoms with Crippen LogP contribution in [-0.2, 0) is 13.1 Å². The van der Waals surface area contributed by atoms with Crippen molar-refractivity contribution >= 4 is 16.8 Å². The lowest BCUT2D eigenvalue weighted by atomic mass is 10.1. The number of carbonyl (C=O) groups excluding carboxylic acids is 1. The summed E-state index contributed by atoms with van der Waals surface area (Å²) in [7, 11) is 0. The largest absolute Gasteiger partial charge is 0.333 e. The Balaban J connectivity index is 1.73. The number of benzene rings is 2. The van der Waals surface area contributed by atoms with Crippen LogP contribution in [0.25, 0.3) is 10.9 Å². The lowest BCUT2D eigenvalue weighted by Gasteiger charge is -2.22. The minimum Gasteiger partial charge on any atom is -0.333 e. The molecule has 0 spiro atoms. The van der Waals surface area contributed by atoms with Crippen molar-refractivity contribution in [1.29, 1.82) is 5.26 Å². The number of fused-ring (bicyclic) bond motifs is 1. The van der Waals surface area contributed by atoms with Gasteiger partial charge in [-0.3, -0.25) is 9.78 Å². The van der Waals surface area contributed by atoms with E-state index in [9.17, 15) is 10.1 Å². The minimum atomic E-state index is -0.0121. The molecule has 0 atom stereocenters. The maximum atomic E-state index is 13.5. The second-order valence-corrected chi connectivity index (χ2v) is 7.16. The first-order valence-corrected chi connectivity index (χ1v) is 9.95. The Morgan fingerprint density at radius 2 is 1.83 bits per heavy atom. The number of rotatable bonds is 6. The van der Waals surface area contributed by atoms with Crippen LogP contribution in [0.15, 0.2) is 79.1 Å². The predicted octanol–water partition coefficient (Wildman–Crippen LogP) is 4.62. The minimum absolute atomic E-state index is 0.0121. The molecule has 5 nitrogen and oxygen atoms in total. The van der Waals surface area contributed by atoms with E-state index < -0.39 is 0 Å². The number of hydrogen-bond acceptors (Lipinski definition) is 3. The van der Waals surface area contributed by atoms with Gasteiger partial charge in [0.2, 0.25) is 0 Å². The van der Waals surface area contributed by atoms with E-state index in [1.54, 1.807) is 18.5 Å². The number of pyridine rings is 1. The number of hydrogen-bond donors (Lipinski definition) is 0. The van der Waals surface area contributed by atoms with Gasteiger partial charge in [0.1, 0.15) is 5.69 Å². The molecule has 4 rings (SSSR count). The van der Waals surface area contributed by atoms with Crippen LogP contribution >= 0.6 is 0 Å². The molecule has 0 aliphatic carbocycles.